The van der Waals surface area contributed by atoms with Crippen LogP contribution in [0.3, 0.4) is 0 Å². The predicted molar refractivity (Wildman–Crippen MR) is 101 cm³/mol. The zero-order valence-electron chi connectivity index (χ0n) is 15.3. The molecule has 0 spiro atoms. The van der Waals surface area contributed by atoms with Gasteiger partial charge in [0, 0.05) is 52.0 Å². The third-order valence-electron chi connectivity index (χ3n) is 4.65. The number of rotatable bonds is 5. The summed E-state index contributed by atoms with van der Waals surface area (Å²) in [5.74, 6) is -0.282. The van der Waals surface area contributed by atoms with Crippen molar-refractivity contribution in [2.24, 2.45) is 0 Å². The molecule has 1 aromatic heterocycles. The second kappa shape index (κ2) is 8.62. The number of nitrogens with zero attached hydrogens (tertiary/aromatic N) is 3. The second-order valence-corrected chi connectivity index (χ2v) is 6.56. The van der Waals surface area contributed by atoms with Gasteiger partial charge in [0.2, 0.25) is 5.91 Å². The van der Waals surface area contributed by atoms with Crippen LogP contribution in [0.5, 0.6) is 0 Å². The highest BCUT2D eigenvalue weighted by Gasteiger charge is 2.23. The Bertz CT molecular complexity index is 802. The van der Waals surface area contributed by atoms with E-state index < -0.39 is 0 Å². The Morgan fingerprint density at radius 2 is 1.74 bits per heavy atom. The van der Waals surface area contributed by atoms with E-state index >= 15 is 0 Å². The summed E-state index contributed by atoms with van der Waals surface area (Å²) < 4.78 is 12.9. The van der Waals surface area contributed by atoms with Gasteiger partial charge in [0.25, 0.3) is 5.91 Å². The zero-order chi connectivity index (χ0) is 19.2. The van der Waals surface area contributed by atoms with Crippen molar-refractivity contribution in [3.05, 3.63) is 59.7 Å². The van der Waals surface area contributed by atoms with Crippen molar-refractivity contribution in [1.82, 2.24) is 14.8 Å². The maximum atomic E-state index is 12.9. The monoisotopic (exact) mass is 370 g/mol. The van der Waals surface area contributed by atoms with Crippen LogP contribution >= 0.6 is 0 Å². The summed E-state index contributed by atoms with van der Waals surface area (Å²) in [6, 6.07) is 8.20. The lowest BCUT2D eigenvalue weighted by molar-refractivity contribution is -0.130. The molecule has 1 fully saturated rings. The van der Waals surface area contributed by atoms with Crippen LogP contribution in [0.2, 0.25) is 0 Å². The molecule has 0 bridgehead atoms. The molecule has 142 valence electrons. The number of benzene rings is 1. The molecule has 2 heterocycles. The molecule has 1 aliphatic heterocycles. The lowest BCUT2D eigenvalue weighted by atomic mass is 10.1. The van der Waals surface area contributed by atoms with Gasteiger partial charge in [0.05, 0.1) is 11.3 Å². The first kappa shape index (κ1) is 18.8. The van der Waals surface area contributed by atoms with Gasteiger partial charge in [0.15, 0.2) is 0 Å². The second-order valence-electron chi connectivity index (χ2n) is 6.56. The number of hydrogen-bond acceptors (Lipinski definition) is 4. The number of anilines is 1. The van der Waals surface area contributed by atoms with Gasteiger partial charge in [-0.2, -0.15) is 0 Å². The van der Waals surface area contributed by atoms with Crippen LogP contribution in [0.1, 0.15) is 22.8 Å². The van der Waals surface area contributed by atoms with Crippen LogP contribution in [-0.4, -0.2) is 59.3 Å². The number of aromatic nitrogens is 1. The molecule has 6 nitrogen and oxygen atoms in total. The molecule has 3 rings (SSSR count). The molecule has 2 amide bonds. The van der Waals surface area contributed by atoms with Crippen LogP contribution in [-0.2, 0) is 11.2 Å². The van der Waals surface area contributed by atoms with Crippen LogP contribution in [0, 0.1) is 5.82 Å². The summed E-state index contributed by atoms with van der Waals surface area (Å²) in [5.41, 5.74) is 2.33. The predicted octanol–water partition coefficient (Wildman–Crippen LogP) is 2.18. The summed E-state index contributed by atoms with van der Waals surface area (Å²) in [6.45, 7) is 4.38. The van der Waals surface area contributed by atoms with Crippen molar-refractivity contribution in [3.8, 4) is 0 Å². The average Bonchev–Trinajstić information content (AvgIpc) is 2.69. The first-order valence-electron chi connectivity index (χ1n) is 9.01. The summed E-state index contributed by atoms with van der Waals surface area (Å²) >= 11 is 0. The molecule has 0 saturated carbocycles. The highest BCUT2D eigenvalue weighted by molar-refractivity contribution is 5.95. The number of amides is 2. The zero-order valence-corrected chi connectivity index (χ0v) is 15.3. The smallest absolute Gasteiger partial charge is 0.255 e. The summed E-state index contributed by atoms with van der Waals surface area (Å²) in [7, 11) is 0. The lowest BCUT2D eigenvalue weighted by Gasteiger charge is -2.34. The molecule has 7 heteroatoms. The van der Waals surface area contributed by atoms with Gasteiger partial charge in [0.1, 0.15) is 5.82 Å². The standard InChI is InChI=1S/C20H23FN4O2/c1-15(26)24-8-10-25(11-9-24)20(27)17-12-19(14-22-13-17)23-7-6-16-2-4-18(21)5-3-16/h2-5,12-14,23H,6-11H2,1H3. The number of piperazine rings is 1. The van der Waals surface area contributed by atoms with E-state index in [-0.39, 0.29) is 17.6 Å². The van der Waals surface area contributed by atoms with E-state index in [0.717, 1.165) is 17.7 Å². The van der Waals surface area contributed by atoms with E-state index in [0.29, 0.717) is 38.3 Å². The third-order valence-corrected chi connectivity index (χ3v) is 4.65. The van der Waals surface area contributed by atoms with Gasteiger partial charge in [-0.1, -0.05) is 12.1 Å². The van der Waals surface area contributed by atoms with Crippen molar-refractivity contribution in [3.63, 3.8) is 0 Å². The summed E-state index contributed by atoms with van der Waals surface area (Å²) in [4.78, 5) is 31.7. The lowest BCUT2D eigenvalue weighted by Crippen LogP contribution is -2.50. The normalized spacial score (nSPS) is 14.1. The van der Waals surface area contributed by atoms with E-state index in [2.05, 4.69) is 10.3 Å². The quantitative estimate of drug-likeness (QED) is 0.876. The number of halogens is 1. The maximum Gasteiger partial charge on any atom is 0.255 e. The number of nitrogens with one attached hydrogen (secondary N) is 1. The van der Waals surface area contributed by atoms with Gasteiger partial charge in [-0.15, -0.1) is 0 Å². The topological polar surface area (TPSA) is 65.5 Å². The molecule has 0 atom stereocenters. The van der Waals surface area contributed by atoms with E-state index in [1.54, 1.807) is 47.3 Å². The molecule has 2 aromatic rings. The number of carbonyl (C=O) groups is 2. The van der Waals surface area contributed by atoms with Gasteiger partial charge in [-0.25, -0.2) is 4.39 Å². The maximum absolute atomic E-state index is 12.9. The van der Waals surface area contributed by atoms with E-state index in [9.17, 15) is 14.0 Å². The highest BCUT2D eigenvalue weighted by Crippen LogP contribution is 2.13. The van der Waals surface area contributed by atoms with Crippen molar-refractivity contribution in [1.29, 1.82) is 0 Å². The highest BCUT2D eigenvalue weighted by atomic mass is 19.1. The van der Waals surface area contributed by atoms with Crippen molar-refractivity contribution in [2.45, 2.75) is 13.3 Å². The van der Waals surface area contributed by atoms with Crippen molar-refractivity contribution >= 4 is 17.5 Å². The molecule has 27 heavy (non-hydrogen) atoms. The van der Waals surface area contributed by atoms with Crippen LogP contribution in [0.15, 0.2) is 42.7 Å². The Balaban J connectivity index is 1.54. The Morgan fingerprint density at radius 3 is 2.41 bits per heavy atom. The molecule has 1 N–H and O–H groups in total. The van der Waals surface area contributed by atoms with E-state index in [1.165, 1.54) is 12.1 Å². The van der Waals surface area contributed by atoms with Crippen LogP contribution in [0.4, 0.5) is 10.1 Å². The van der Waals surface area contributed by atoms with Crippen LogP contribution in [0.25, 0.3) is 0 Å². The van der Waals surface area contributed by atoms with Crippen LogP contribution < -0.4 is 5.32 Å². The summed E-state index contributed by atoms with van der Waals surface area (Å²) in [6.07, 6.45) is 3.98. The average molecular weight is 370 g/mol. The molecular weight excluding hydrogens is 347 g/mol. The van der Waals surface area contributed by atoms with Gasteiger partial charge in [-0.3, -0.25) is 14.6 Å². The minimum absolute atomic E-state index is 0.0381. The van der Waals surface area contributed by atoms with Crippen molar-refractivity contribution in [2.75, 3.05) is 38.0 Å². The molecule has 0 aliphatic carbocycles. The van der Waals surface area contributed by atoms with Gasteiger partial charge < -0.3 is 15.1 Å². The van der Waals surface area contributed by atoms with Gasteiger partial charge >= 0.3 is 0 Å². The Labute approximate surface area is 158 Å². The minimum atomic E-state index is -0.244. The molecule has 0 unspecified atom stereocenters. The fourth-order valence-electron chi connectivity index (χ4n) is 3.06. The number of hydrogen-bond donors (Lipinski definition) is 1. The van der Waals surface area contributed by atoms with Gasteiger partial charge in [-0.05, 0) is 30.2 Å². The molecule has 0 radical (unpaired) electrons. The molecule has 1 aromatic carbocycles. The van der Waals surface area contributed by atoms with E-state index in [1.807, 2.05) is 0 Å². The van der Waals surface area contributed by atoms with E-state index in [4.69, 9.17) is 0 Å². The first-order chi connectivity index (χ1) is 13.0. The Morgan fingerprint density at radius 1 is 1.07 bits per heavy atom. The van der Waals surface area contributed by atoms with Crippen molar-refractivity contribution < 1.29 is 14.0 Å². The first-order valence-corrected chi connectivity index (χ1v) is 9.01. The largest absolute Gasteiger partial charge is 0.383 e. The molecule has 1 aliphatic rings. The SMILES string of the molecule is CC(=O)N1CCN(C(=O)c2cncc(NCCc3ccc(F)cc3)c2)CC1. The fourth-order valence-corrected chi connectivity index (χ4v) is 3.06. The third kappa shape index (κ3) is 5.03. The Hall–Kier alpha value is -2.96. The Kier molecular flexibility index (Phi) is 6.01. The number of carbonyl (C=O) groups excluding carboxylic acids is 2. The fraction of sp³-hybridized carbons (Fsp3) is 0.350. The molecular formula is C20H23FN4O2. The number of pyridine rings is 1. The minimum Gasteiger partial charge on any atom is -0.383 e. The summed E-state index contributed by atoms with van der Waals surface area (Å²) in [5, 5.41) is 3.25. The molecule has 1 saturated heterocycles.